The van der Waals surface area contributed by atoms with Crippen LogP contribution in [0.25, 0.3) is 0 Å². The van der Waals surface area contributed by atoms with E-state index in [0.29, 0.717) is 12.5 Å². The summed E-state index contributed by atoms with van der Waals surface area (Å²) >= 11 is 1.91. The van der Waals surface area contributed by atoms with Gasteiger partial charge in [-0.05, 0) is 41.3 Å². The fraction of sp³-hybridized carbons (Fsp3) is 0.240. The summed E-state index contributed by atoms with van der Waals surface area (Å²) in [6.07, 6.45) is 0. The van der Waals surface area contributed by atoms with Gasteiger partial charge < -0.3 is 4.74 Å². The molecule has 0 radical (unpaired) electrons. The summed E-state index contributed by atoms with van der Waals surface area (Å²) in [5, 5.41) is 0.275. The van der Waals surface area contributed by atoms with E-state index in [4.69, 9.17) is 9.73 Å². The van der Waals surface area contributed by atoms with Gasteiger partial charge in [0.2, 0.25) is 0 Å². The van der Waals surface area contributed by atoms with Crippen molar-refractivity contribution >= 4 is 23.2 Å². The maximum atomic E-state index is 6.17. The fourth-order valence-corrected chi connectivity index (χ4v) is 5.34. The molecule has 3 aromatic carbocycles. The van der Waals surface area contributed by atoms with Gasteiger partial charge in [0, 0.05) is 15.7 Å². The number of hydrogen-bond acceptors (Lipinski definition) is 3. The molecule has 0 aliphatic carbocycles. The highest BCUT2D eigenvalue weighted by atomic mass is 32.2. The third-order valence-corrected chi connectivity index (χ3v) is 7.04. The van der Waals surface area contributed by atoms with E-state index < -0.39 is 0 Å². The summed E-state index contributed by atoms with van der Waals surface area (Å²) in [4.78, 5) is 6.38. The van der Waals surface area contributed by atoms with Crippen LogP contribution in [0.2, 0.25) is 0 Å². The molecule has 3 heteroatoms. The van der Waals surface area contributed by atoms with Crippen molar-refractivity contribution in [2.75, 3.05) is 6.61 Å². The maximum Gasteiger partial charge on any atom is 0.128 e. The van der Waals surface area contributed by atoms with Crippen LogP contribution in [0.4, 0.5) is 5.69 Å². The fourth-order valence-electron chi connectivity index (χ4n) is 4.01. The van der Waals surface area contributed by atoms with Gasteiger partial charge in [-0.1, -0.05) is 62.4 Å². The molecule has 0 saturated heterocycles. The molecule has 2 aliphatic heterocycles. The average molecular weight is 386 g/mol. The molecule has 140 valence electrons. The molecular formula is C25H23NOS. The second kappa shape index (κ2) is 7.14. The first kappa shape index (κ1) is 17.6. The second-order valence-corrected chi connectivity index (χ2v) is 8.92. The number of rotatable bonds is 2. The van der Waals surface area contributed by atoms with Crippen molar-refractivity contribution in [2.45, 2.75) is 29.9 Å². The Hall–Kier alpha value is -2.52. The predicted molar refractivity (Wildman–Crippen MR) is 117 cm³/mol. The number of ether oxygens (including phenoxy) is 1. The molecule has 0 N–H and O–H groups in total. The molecule has 3 aromatic rings. The van der Waals surface area contributed by atoms with Crippen LogP contribution in [0.15, 0.2) is 82.7 Å². The molecule has 2 nitrogen and oxygen atoms in total. The van der Waals surface area contributed by atoms with Gasteiger partial charge in [-0.15, -0.1) is 11.8 Å². The minimum absolute atomic E-state index is 0.220. The number of para-hydroxylation sites is 2. The van der Waals surface area contributed by atoms with Gasteiger partial charge in [0.1, 0.15) is 5.75 Å². The molecule has 0 spiro atoms. The molecule has 0 bridgehead atoms. The Balaban J connectivity index is 1.64. The number of aliphatic imine (C=N–C) groups is 1. The molecule has 2 aliphatic rings. The SMILES string of the molecule is CC(C)c1ccc([C@H]2Sc3ccccc3N=C3c4ccccc4OC[C@@H]32)cc1. The van der Waals surface area contributed by atoms with Crippen molar-refractivity contribution < 1.29 is 4.74 Å². The molecule has 0 unspecified atom stereocenters. The zero-order valence-electron chi connectivity index (χ0n) is 16.1. The summed E-state index contributed by atoms with van der Waals surface area (Å²) in [5.74, 6) is 1.70. The van der Waals surface area contributed by atoms with Gasteiger partial charge in [0.15, 0.2) is 0 Å². The zero-order valence-corrected chi connectivity index (χ0v) is 16.9. The number of thioether (sulfide) groups is 1. The minimum Gasteiger partial charge on any atom is -0.492 e. The Morgan fingerprint density at radius 3 is 2.50 bits per heavy atom. The Morgan fingerprint density at radius 1 is 0.929 bits per heavy atom. The Bertz CT molecular complexity index is 1040. The number of benzene rings is 3. The minimum atomic E-state index is 0.220. The van der Waals surface area contributed by atoms with Crippen LogP contribution in [0, 0.1) is 5.92 Å². The number of fused-ring (bicyclic) bond motifs is 4. The molecule has 2 heterocycles. The van der Waals surface area contributed by atoms with Crippen LogP contribution in [0.5, 0.6) is 5.75 Å². The van der Waals surface area contributed by atoms with E-state index in [9.17, 15) is 0 Å². The summed E-state index contributed by atoms with van der Waals surface area (Å²) < 4.78 is 6.17. The second-order valence-electron chi connectivity index (χ2n) is 7.74. The highest BCUT2D eigenvalue weighted by Gasteiger charge is 2.37. The monoisotopic (exact) mass is 385 g/mol. The van der Waals surface area contributed by atoms with Crippen LogP contribution >= 0.6 is 11.8 Å². The summed E-state index contributed by atoms with van der Waals surface area (Å²) in [5.41, 5.74) is 6.05. The first-order valence-corrected chi connectivity index (χ1v) is 10.7. The van der Waals surface area contributed by atoms with Crippen molar-refractivity contribution in [3.05, 3.63) is 89.5 Å². The highest BCUT2D eigenvalue weighted by molar-refractivity contribution is 7.99. The zero-order chi connectivity index (χ0) is 19.1. The smallest absolute Gasteiger partial charge is 0.128 e. The normalized spacial score (nSPS) is 20.3. The lowest BCUT2D eigenvalue weighted by Crippen LogP contribution is -2.31. The predicted octanol–water partition coefficient (Wildman–Crippen LogP) is 6.79. The van der Waals surface area contributed by atoms with Crippen LogP contribution in [-0.4, -0.2) is 12.3 Å². The molecule has 5 rings (SSSR count). The van der Waals surface area contributed by atoms with Crippen LogP contribution in [0.3, 0.4) is 0 Å². The lowest BCUT2D eigenvalue weighted by atomic mass is 9.87. The maximum absolute atomic E-state index is 6.17. The first-order chi connectivity index (χ1) is 13.7. The van der Waals surface area contributed by atoms with E-state index in [-0.39, 0.29) is 11.2 Å². The van der Waals surface area contributed by atoms with Crippen LogP contribution in [0.1, 0.15) is 41.7 Å². The van der Waals surface area contributed by atoms with E-state index in [1.54, 1.807) is 0 Å². The number of hydrogen-bond donors (Lipinski definition) is 0. The molecule has 0 fully saturated rings. The van der Waals surface area contributed by atoms with Gasteiger partial charge >= 0.3 is 0 Å². The average Bonchev–Trinajstić information content (AvgIpc) is 2.91. The highest BCUT2D eigenvalue weighted by Crippen LogP contribution is 2.50. The standard InChI is InChI=1S/C25H23NOS/c1-16(2)17-11-13-18(14-12-17)25-20-15-27-22-9-5-3-7-19(22)24(20)26-21-8-4-6-10-23(21)28-25/h3-14,16,20,25H,15H2,1-2H3/t20-,25+/m0/s1. The Labute approximate surface area is 170 Å². The molecule has 0 aromatic heterocycles. The van der Waals surface area contributed by atoms with E-state index in [1.807, 2.05) is 23.9 Å². The molecule has 2 atom stereocenters. The van der Waals surface area contributed by atoms with Crippen molar-refractivity contribution in [1.82, 2.24) is 0 Å². The van der Waals surface area contributed by atoms with Gasteiger partial charge in [-0.25, -0.2) is 0 Å². The molecule has 28 heavy (non-hydrogen) atoms. The number of nitrogens with zero attached hydrogens (tertiary/aromatic N) is 1. The van der Waals surface area contributed by atoms with Gasteiger partial charge in [0.25, 0.3) is 0 Å². The van der Waals surface area contributed by atoms with E-state index >= 15 is 0 Å². The van der Waals surface area contributed by atoms with Crippen molar-refractivity contribution in [2.24, 2.45) is 10.9 Å². The molecular weight excluding hydrogens is 362 g/mol. The quantitative estimate of drug-likeness (QED) is 0.484. The van der Waals surface area contributed by atoms with Gasteiger partial charge in [0.05, 0.1) is 23.9 Å². The largest absolute Gasteiger partial charge is 0.492 e. The van der Waals surface area contributed by atoms with Crippen LogP contribution in [-0.2, 0) is 0 Å². The summed E-state index contributed by atoms with van der Waals surface area (Å²) in [6.45, 7) is 5.14. The summed E-state index contributed by atoms with van der Waals surface area (Å²) in [7, 11) is 0. The molecule has 0 amide bonds. The third-order valence-electron chi connectivity index (χ3n) is 5.59. The van der Waals surface area contributed by atoms with Crippen LogP contribution < -0.4 is 4.74 Å². The topological polar surface area (TPSA) is 21.6 Å². The lowest BCUT2D eigenvalue weighted by Gasteiger charge is -2.31. The Kier molecular flexibility index (Phi) is 4.48. The van der Waals surface area contributed by atoms with E-state index in [1.165, 1.54) is 16.0 Å². The Morgan fingerprint density at radius 2 is 1.68 bits per heavy atom. The van der Waals surface area contributed by atoms with E-state index in [0.717, 1.165) is 22.7 Å². The van der Waals surface area contributed by atoms with E-state index in [2.05, 4.69) is 74.5 Å². The summed E-state index contributed by atoms with van der Waals surface area (Å²) in [6, 6.07) is 25.9. The van der Waals surface area contributed by atoms with Crippen molar-refractivity contribution in [3.8, 4) is 5.75 Å². The van der Waals surface area contributed by atoms with Gasteiger partial charge in [-0.3, -0.25) is 4.99 Å². The molecule has 0 saturated carbocycles. The van der Waals surface area contributed by atoms with Gasteiger partial charge in [-0.2, -0.15) is 0 Å². The first-order valence-electron chi connectivity index (χ1n) is 9.87. The lowest BCUT2D eigenvalue weighted by molar-refractivity contribution is 0.271. The van der Waals surface area contributed by atoms with Crippen molar-refractivity contribution in [3.63, 3.8) is 0 Å². The van der Waals surface area contributed by atoms with Crippen molar-refractivity contribution in [1.29, 1.82) is 0 Å². The third kappa shape index (κ3) is 3.04.